The summed E-state index contributed by atoms with van der Waals surface area (Å²) in [7, 11) is 0. The molecular formula is C50H99NO10. The molecule has 1 fully saturated rings. The summed E-state index contributed by atoms with van der Waals surface area (Å²) in [5, 5.41) is 75.8. The van der Waals surface area contributed by atoms with Crippen molar-refractivity contribution in [3.8, 4) is 0 Å². The molecule has 0 bridgehead atoms. The van der Waals surface area contributed by atoms with Crippen molar-refractivity contribution in [2.24, 2.45) is 0 Å². The summed E-state index contributed by atoms with van der Waals surface area (Å²) in [6, 6.07) is -1.16. The average Bonchev–Trinajstić information content (AvgIpc) is 3.26. The third-order valence-corrected chi connectivity index (χ3v) is 12.9. The monoisotopic (exact) mass is 874 g/mol. The molecule has 1 aliphatic heterocycles. The molecule has 9 atom stereocenters. The molecule has 0 saturated carbocycles. The van der Waals surface area contributed by atoms with E-state index in [0.29, 0.717) is 19.3 Å². The highest BCUT2D eigenvalue weighted by atomic mass is 16.7. The van der Waals surface area contributed by atoms with E-state index in [0.717, 1.165) is 38.5 Å². The van der Waals surface area contributed by atoms with E-state index in [1.54, 1.807) is 0 Å². The van der Waals surface area contributed by atoms with Gasteiger partial charge in [-0.3, -0.25) is 4.79 Å². The Labute approximate surface area is 373 Å². The lowest BCUT2D eigenvalue weighted by Crippen LogP contribution is -2.60. The summed E-state index contributed by atoms with van der Waals surface area (Å²) in [5.41, 5.74) is 0. The average molecular weight is 874 g/mol. The fourth-order valence-corrected chi connectivity index (χ4v) is 8.62. The van der Waals surface area contributed by atoms with Gasteiger partial charge < -0.3 is 50.5 Å². The van der Waals surface area contributed by atoms with Crippen LogP contribution in [-0.4, -0.2) is 110 Å². The molecule has 0 aliphatic carbocycles. The lowest BCUT2D eigenvalue weighted by molar-refractivity contribution is -0.303. The van der Waals surface area contributed by atoms with Crippen molar-refractivity contribution in [1.82, 2.24) is 5.32 Å². The van der Waals surface area contributed by atoms with Gasteiger partial charge >= 0.3 is 0 Å². The minimum Gasteiger partial charge on any atom is -0.394 e. The minimum absolute atomic E-state index is 0.266. The predicted octanol–water partition coefficient (Wildman–Crippen LogP) is 9.45. The first-order chi connectivity index (χ1) is 29.7. The maximum atomic E-state index is 13.1. The first-order valence-electron chi connectivity index (χ1n) is 25.9. The van der Waals surface area contributed by atoms with E-state index in [1.165, 1.54) is 167 Å². The van der Waals surface area contributed by atoms with Gasteiger partial charge in [0.05, 0.1) is 25.4 Å². The molecule has 0 radical (unpaired) electrons. The molecule has 9 unspecified atom stereocenters. The maximum absolute atomic E-state index is 13.1. The summed E-state index contributed by atoms with van der Waals surface area (Å²) in [5.74, 6) is -0.693. The number of ether oxygens (including phenoxy) is 2. The van der Waals surface area contributed by atoms with Crippen molar-refractivity contribution in [1.29, 1.82) is 0 Å². The van der Waals surface area contributed by atoms with Crippen molar-refractivity contribution in [3.05, 3.63) is 0 Å². The van der Waals surface area contributed by atoms with E-state index in [4.69, 9.17) is 9.47 Å². The molecule has 0 aromatic heterocycles. The SMILES string of the molecule is CCCCCCCCCCCCCCCCCCCCCCCCC(O)C(O)C(COC1OC(CO)C(O)C(O)C1O)NC(=O)C(O)CCCCCCCCCCCCCC. The highest BCUT2D eigenvalue weighted by Gasteiger charge is 2.44. The quantitative estimate of drug-likeness (QED) is 0.0274. The van der Waals surface area contributed by atoms with Crippen LogP contribution in [0.15, 0.2) is 0 Å². The van der Waals surface area contributed by atoms with Crippen LogP contribution < -0.4 is 5.32 Å². The lowest BCUT2D eigenvalue weighted by Gasteiger charge is -2.40. The maximum Gasteiger partial charge on any atom is 0.249 e. The third kappa shape index (κ3) is 30.0. The molecule has 11 heteroatoms. The molecule has 1 rings (SSSR count). The van der Waals surface area contributed by atoms with Crippen LogP contribution in [0.25, 0.3) is 0 Å². The fraction of sp³-hybridized carbons (Fsp3) is 0.980. The van der Waals surface area contributed by atoms with E-state index < -0.39 is 74.2 Å². The minimum atomic E-state index is -1.66. The number of carbonyl (C=O) groups excluding carboxylic acids is 1. The van der Waals surface area contributed by atoms with Gasteiger partial charge in [-0.2, -0.15) is 0 Å². The van der Waals surface area contributed by atoms with E-state index in [2.05, 4.69) is 19.2 Å². The summed E-state index contributed by atoms with van der Waals surface area (Å²) in [4.78, 5) is 13.1. The highest BCUT2D eigenvalue weighted by Crippen LogP contribution is 2.23. The number of carbonyl (C=O) groups is 1. The zero-order chi connectivity index (χ0) is 44.8. The Bertz CT molecular complexity index is 959. The van der Waals surface area contributed by atoms with Gasteiger partial charge in [-0.25, -0.2) is 0 Å². The summed E-state index contributed by atoms with van der Waals surface area (Å²) in [6.45, 7) is 3.46. The third-order valence-electron chi connectivity index (χ3n) is 12.9. The Balaban J connectivity index is 2.34. The van der Waals surface area contributed by atoms with Crippen molar-refractivity contribution in [2.45, 2.75) is 300 Å². The molecule has 11 nitrogen and oxygen atoms in total. The van der Waals surface area contributed by atoms with E-state index >= 15 is 0 Å². The lowest BCUT2D eigenvalue weighted by atomic mass is 9.98. The number of nitrogens with one attached hydrogen (secondary N) is 1. The second-order valence-corrected chi connectivity index (χ2v) is 18.6. The van der Waals surface area contributed by atoms with Crippen LogP contribution in [0, 0.1) is 0 Å². The van der Waals surface area contributed by atoms with Gasteiger partial charge in [0.15, 0.2) is 6.29 Å². The van der Waals surface area contributed by atoms with E-state index in [9.17, 15) is 40.5 Å². The number of rotatable bonds is 44. The molecule has 0 spiro atoms. The summed E-state index contributed by atoms with van der Waals surface area (Å²) in [6.07, 6.45) is 31.5. The van der Waals surface area contributed by atoms with Crippen LogP contribution in [0.3, 0.4) is 0 Å². The Morgan fingerprint density at radius 2 is 0.852 bits per heavy atom. The van der Waals surface area contributed by atoms with Crippen molar-refractivity contribution in [2.75, 3.05) is 13.2 Å². The van der Waals surface area contributed by atoms with Gasteiger partial charge in [0.2, 0.25) is 5.91 Å². The molecule has 0 aromatic rings. The number of unbranched alkanes of at least 4 members (excludes halogenated alkanes) is 32. The standard InChI is InChI=1S/C50H99NO10/c1-3-5-7-9-11-13-15-17-18-19-20-21-22-23-24-25-26-28-29-31-33-35-37-42(53)45(55)41(40-60-50-48(58)47(57)46(56)44(39-52)61-50)51-49(59)43(54)38-36-34-32-30-27-16-14-12-10-8-6-4-2/h41-48,50,52-58H,3-40H2,1-2H3,(H,51,59). The fourth-order valence-electron chi connectivity index (χ4n) is 8.62. The number of aliphatic hydroxyl groups excluding tert-OH is 7. The van der Waals surface area contributed by atoms with Crippen LogP contribution in [0.2, 0.25) is 0 Å². The van der Waals surface area contributed by atoms with Crippen molar-refractivity contribution in [3.63, 3.8) is 0 Å². The van der Waals surface area contributed by atoms with Crippen molar-refractivity contribution >= 4 is 5.91 Å². The predicted molar refractivity (Wildman–Crippen MR) is 247 cm³/mol. The van der Waals surface area contributed by atoms with Gasteiger partial charge in [-0.1, -0.05) is 232 Å². The highest BCUT2D eigenvalue weighted by molar-refractivity contribution is 5.80. The van der Waals surface area contributed by atoms with Crippen LogP contribution in [0.1, 0.15) is 245 Å². The zero-order valence-corrected chi connectivity index (χ0v) is 39.4. The normalized spacial score (nSPS) is 21.4. The molecule has 8 N–H and O–H groups in total. The van der Waals surface area contributed by atoms with Gasteiger partial charge in [0, 0.05) is 0 Å². The second-order valence-electron chi connectivity index (χ2n) is 18.6. The Morgan fingerprint density at radius 3 is 1.21 bits per heavy atom. The number of amides is 1. The molecule has 1 heterocycles. The Hall–Kier alpha value is -0.890. The summed E-state index contributed by atoms with van der Waals surface area (Å²) >= 11 is 0. The molecule has 1 amide bonds. The van der Waals surface area contributed by atoms with Crippen LogP contribution in [-0.2, 0) is 14.3 Å². The molecule has 61 heavy (non-hydrogen) atoms. The Kier molecular flexibility index (Phi) is 38.7. The van der Waals surface area contributed by atoms with E-state index in [-0.39, 0.29) is 6.42 Å². The summed E-state index contributed by atoms with van der Waals surface area (Å²) < 4.78 is 11.1. The van der Waals surface area contributed by atoms with Crippen LogP contribution in [0.4, 0.5) is 0 Å². The van der Waals surface area contributed by atoms with Gasteiger partial charge in [0.1, 0.15) is 36.6 Å². The smallest absolute Gasteiger partial charge is 0.249 e. The molecular weight excluding hydrogens is 775 g/mol. The first-order valence-corrected chi connectivity index (χ1v) is 25.9. The molecule has 364 valence electrons. The van der Waals surface area contributed by atoms with Gasteiger partial charge in [-0.15, -0.1) is 0 Å². The topological polar surface area (TPSA) is 189 Å². The second kappa shape index (κ2) is 40.6. The van der Waals surface area contributed by atoms with Gasteiger partial charge in [-0.05, 0) is 12.8 Å². The van der Waals surface area contributed by atoms with E-state index in [1.807, 2.05) is 0 Å². The van der Waals surface area contributed by atoms with Crippen LogP contribution in [0.5, 0.6) is 0 Å². The largest absolute Gasteiger partial charge is 0.394 e. The molecule has 0 aromatic carbocycles. The van der Waals surface area contributed by atoms with Crippen molar-refractivity contribution < 1.29 is 50.0 Å². The Morgan fingerprint density at radius 1 is 0.508 bits per heavy atom. The zero-order valence-electron chi connectivity index (χ0n) is 39.4. The van der Waals surface area contributed by atoms with Gasteiger partial charge in [0.25, 0.3) is 0 Å². The molecule has 1 aliphatic rings. The molecule has 1 saturated heterocycles. The number of hydrogen-bond donors (Lipinski definition) is 8. The first kappa shape index (κ1) is 58.1. The van der Waals surface area contributed by atoms with Crippen LogP contribution >= 0.6 is 0 Å². The number of hydrogen-bond acceptors (Lipinski definition) is 10. The number of aliphatic hydroxyl groups is 7.